The van der Waals surface area contributed by atoms with Crippen LogP contribution in [0.1, 0.15) is 55.1 Å². The predicted molar refractivity (Wildman–Crippen MR) is 82.0 cm³/mol. The van der Waals surface area contributed by atoms with E-state index in [-0.39, 0.29) is 5.97 Å². The molecule has 0 N–H and O–H groups in total. The van der Waals surface area contributed by atoms with Crippen LogP contribution in [0.2, 0.25) is 0 Å². The van der Waals surface area contributed by atoms with Crippen LogP contribution in [0, 0.1) is 0 Å². The minimum atomic E-state index is -0.360. The summed E-state index contributed by atoms with van der Waals surface area (Å²) in [6.45, 7) is 2.21. The molecule has 1 aromatic carbocycles. The van der Waals surface area contributed by atoms with Crippen LogP contribution < -0.4 is 4.84 Å². The standard InChI is InChI=1S/C17H22N2O2/c1-2-3-4-5-9-12-16-13-18-14-19(16)21-17(20)15-10-7-6-8-11-15/h6-8,10-11,13-14H,2-5,9,12H2,1H3. The van der Waals surface area contributed by atoms with E-state index in [0.29, 0.717) is 5.56 Å². The molecule has 0 aliphatic carbocycles. The Balaban J connectivity index is 1.87. The molecule has 0 saturated carbocycles. The summed E-state index contributed by atoms with van der Waals surface area (Å²) in [4.78, 5) is 21.4. The van der Waals surface area contributed by atoms with Gasteiger partial charge in [0.2, 0.25) is 0 Å². The highest BCUT2D eigenvalue weighted by Gasteiger charge is 2.10. The molecule has 0 spiro atoms. The summed E-state index contributed by atoms with van der Waals surface area (Å²) in [6, 6.07) is 8.99. The number of benzene rings is 1. The number of nitrogens with zero attached hydrogens (tertiary/aromatic N) is 2. The second kappa shape index (κ2) is 8.25. The fourth-order valence-corrected chi connectivity index (χ4v) is 2.19. The third-order valence-corrected chi connectivity index (χ3v) is 3.41. The van der Waals surface area contributed by atoms with Crippen molar-refractivity contribution >= 4 is 5.97 Å². The molecule has 2 aromatic rings. The van der Waals surface area contributed by atoms with E-state index in [4.69, 9.17) is 4.84 Å². The predicted octanol–water partition coefficient (Wildman–Crippen LogP) is 3.67. The van der Waals surface area contributed by atoms with Crippen molar-refractivity contribution in [1.29, 1.82) is 0 Å². The number of aryl methyl sites for hydroxylation is 1. The quantitative estimate of drug-likeness (QED) is 0.695. The van der Waals surface area contributed by atoms with E-state index < -0.39 is 0 Å². The molecule has 112 valence electrons. The highest BCUT2D eigenvalue weighted by molar-refractivity contribution is 5.89. The van der Waals surface area contributed by atoms with Gasteiger partial charge < -0.3 is 4.84 Å². The second-order valence-corrected chi connectivity index (χ2v) is 5.12. The Kier molecular flexibility index (Phi) is 6.00. The lowest BCUT2D eigenvalue weighted by Crippen LogP contribution is -2.21. The number of rotatable bonds is 8. The first-order valence-electron chi connectivity index (χ1n) is 7.60. The zero-order valence-electron chi connectivity index (χ0n) is 12.5. The Morgan fingerprint density at radius 2 is 1.90 bits per heavy atom. The first-order valence-corrected chi connectivity index (χ1v) is 7.60. The number of carbonyl (C=O) groups excluding carboxylic acids is 1. The molecule has 4 heteroatoms. The minimum Gasteiger partial charge on any atom is -0.330 e. The average Bonchev–Trinajstić information content (AvgIpc) is 2.95. The lowest BCUT2D eigenvalue weighted by Gasteiger charge is -2.08. The van der Waals surface area contributed by atoms with Crippen LogP contribution in [-0.2, 0) is 6.42 Å². The lowest BCUT2D eigenvalue weighted by molar-refractivity contribution is 0.0446. The Morgan fingerprint density at radius 1 is 1.14 bits per heavy atom. The van der Waals surface area contributed by atoms with E-state index in [1.54, 1.807) is 24.7 Å². The highest BCUT2D eigenvalue weighted by Crippen LogP contribution is 2.09. The maximum absolute atomic E-state index is 12.0. The van der Waals surface area contributed by atoms with Crippen molar-refractivity contribution in [3.05, 3.63) is 54.1 Å². The third-order valence-electron chi connectivity index (χ3n) is 3.41. The normalized spacial score (nSPS) is 10.5. The second-order valence-electron chi connectivity index (χ2n) is 5.12. The van der Waals surface area contributed by atoms with Gasteiger partial charge in [0.05, 0.1) is 17.5 Å². The molecule has 0 atom stereocenters. The molecular formula is C17H22N2O2. The van der Waals surface area contributed by atoms with Crippen LogP contribution in [0.25, 0.3) is 0 Å². The maximum Gasteiger partial charge on any atom is 0.363 e. The number of aromatic nitrogens is 2. The van der Waals surface area contributed by atoms with Gasteiger partial charge in [-0.05, 0) is 25.0 Å². The Hall–Kier alpha value is -2.10. The Morgan fingerprint density at radius 3 is 2.67 bits per heavy atom. The minimum absolute atomic E-state index is 0.360. The molecule has 21 heavy (non-hydrogen) atoms. The molecule has 0 saturated heterocycles. The van der Waals surface area contributed by atoms with Gasteiger partial charge in [0.25, 0.3) is 0 Å². The summed E-state index contributed by atoms with van der Waals surface area (Å²) in [5, 5.41) is 0. The molecule has 0 unspecified atom stereocenters. The molecule has 0 aliphatic rings. The van der Waals surface area contributed by atoms with Crippen LogP contribution >= 0.6 is 0 Å². The van der Waals surface area contributed by atoms with Gasteiger partial charge in [0, 0.05) is 0 Å². The van der Waals surface area contributed by atoms with Crippen molar-refractivity contribution in [2.75, 3.05) is 0 Å². The van der Waals surface area contributed by atoms with Crippen molar-refractivity contribution in [2.24, 2.45) is 0 Å². The van der Waals surface area contributed by atoms with E-state index >= 15 is 0 Å². The molecular weight excluding hydrogens is 264 g/mol. The monoisotopic (exact) mass is 286 g/mol. The summed E-state index contributed by atoms with van der Waals surface area (Å²) in [5.74, 6) is -0.360. The zero-order chi connectivity index (χ0) is 14.9. The number of unbranched alkanes of at least 4 members (excludes halogenated alkanes) is 4. The van der Waals surface area contributed by atoms with E-state index in [9.17, 15) is 4.79 Å². The molecule has 0 radical (unpaired) electrons. The molecule has 2 rings (SSSR count). The van der Waals surface area contributed by atoms with Crippen LogP contribution in [-0.4, -0.2) is 15.7 Å². The molecule has 0 bridgehead atoms. The topological polar surface area (TPSA) is 44.1 Å². The molecule has 1 heterocycles. The van der Waals surface area contributed by atoms with Crippen LogP contribution in [0.4, 0.5) is 0 Å². The zero-order valence-corrected chi connectivity index (χ0v) is 12.5. The van der Waals surface area contributed by atoms with Gasteiger partial charge in [-0.25, -0.2) is 9.78 Å². The van der Waals surface area contributed by atoms with E-state index in [1.165, 1.54) is 30.4 Å². The number of carbonyl (C=O) groups is 1. The Bertz CT molecular complexity index is 549. The Labute approximate surface area is 125 Å². The fourth-order valence-electron chi connectivity index (χ4n) is 2.19. The van der Waals surface area contributed by atoms with Gasteiger partial charge in [-0.3, -0.25) is 0 Å². The van der Waals surface area contributed by atoms with Crippen molar-refractivity contribution in [3.8, 4) is 0 Å². The van der Waals surface area contributed by atoms with Crippen molar-refractivity contribution in [2.45, 2.75) is 45.4 Å². The molecule has 0 amide bonds. The smallest absolute Gasteiger partial charge is 0.330 e. The van der Waals surface area contributed by atoms with E-state index in [2.05, 4.69) is 11.9 Å². The first-order chi connectivity index (χ1) is 10.3. The van der Waals surface area contributed by atoms with Gasteiger partial charge in [-0.2, -0.15) is 4.73 Å². The summed E-state index contributed by atoms with van der Waals surface area (Å²) >= 11 is 0. The van der Waals surface area contributed by atoms with Crippen LogP contribution in [0.15, 0.2) is 42.9 Å². The van der Waals surface area contributed by atoms with Crippen molar-refractivity contribution in [1.82, 2.24) is 9.71 Å². The summed E-state index contributed by atoms with van der Waals surface area (Å²) in [6.07, 6.45) is 10.3. The van der Waals surface area contributed by atoms with Crippen molar-refractivity contribution in [3.63, 3.8) is 0 Å². The molecule has 0 fully saturated rings. The highest BCUT2D eigenvalue weighted by atomic mass is 16.7. The van der Waals surface area contributed by atoms with Crippen LogP contribution in [0.3, 0.4) is 0 Å². The van der Waals surface area contributed by atoms with E-state index in [1.807, 2.05) is 18.2 Å². The third kappa shape index (κ3) is 4.74. The maximum atomic E-state index is 12.0. The van der Waals surface area contributed by atoms with Gasteiger partial charge in [-0.15, -0.1) is 0 Å². The van der Waals surface area contributed by atoms with Gasteiger partial charge in [-0.1, -0.05) is 50.8 Å². The summed E-state index contributed by atoms with van der Waals surface area (Å²) < 4.78 is 1.48. The van der Waals surface area contributed by atoms with Crippen molar-refractivity contribution < 1.29 is 9.63 Å². The number of hydrogen-bond donors (Lipinski definition) is 0. The van der Waals surface area contributed by atoms with E-state index in [0.717, 1.165) is 18.5 Å². The number of imidazole rings is 1. The number of hydrogen-bond acceptors (Lipinski definition) is 3. The summed E-state index contributed by atoms with van der Waals surface area (Å²) in [5.41, 5.74) is 1.48. The molecule has 0 aliphatic heterocycles. The largest absolute Gasteiger partial charge is 0.363 e. The molecule has 1 aromatic heterocycles. The van der Waals surface area contributed by atoms with Gasteiger partial charge in [0.15, 0.2) is 0 Å². The lowest BCUT2D eigenvalue weighted by atomic mass is 10.1. The first kappa shape index (κ1) is 15.3. The van der Waals surface area contributed by atoms with Gasteiger partial charge >= 0.3 is 5.97 Å². The fraction of sp³-hybridized carbons (Fsp3) is 0.412. The van der Waals surface area contributed by atoms with Gasteiger partial charge in [0.1, 0.15) is 6.33 Å². The average molecular weight is 286 g/mol. The SMILES string of the molecule is CCCCCCCc1cncn1OC(=O)c1ccccc1. The summed E-state index contributed by atoms with van der Waals surface area (Å²) in [7, 11) is 0. The molecule has 4 nitrogen and oxygen atoms in total. The van der Waals surface area contributed by atoms with Crippen LogP contribution in [0.5, 0.6) is 0 Å².